The second kappa shape index (κ2) is 6.55. The Morgan fingerprint density at radius 1 is 1.31 bits per heavy atom. The number of anilines is 1. The molecule has 132 valence electrons. The second-order valence-electron chi connectivity index (χ2n) is 6.25. The van der Waals surface area contributed by atoms with Crippen LogP contribution in [0.15, 0.2) is 58.9 Å². The van der Waals surface area contributed by atoms with E-state index in [0.29, 0.717) is 34.2 Å². The molecule has 1 aliphatic carbocycles. The largest absolute Gasteiger partial charge is 0.396 e. The molecule has 0 bridgehead atoms. The zero-order valence-corrected chi connectivity index (χ0v) is 14.1. The van der Waals surface area contributed by atoms with E-state index in [-0.39, 0.29) is 18.3 Å². The van der Waals surface area contributed by atoms with Gasteiger partial charge in [0.05, 0.1) is 30.3 Å². The number of nitrogens with zero attached hydrogens (tertiary/aromatic N) is 5. The minimum atomic E-state index is -0.212. The molecule has 2 N–H and O–H groups in total. The van der Waals surface area contributed by atoms with Crippen molar-refractivity contribution in [3.63, 3.8) is 0 Å². The monoisotopic (exact) mass is 352 g/mol. The Kier molecular flexibility index (Phi) is 4.08. The van der Waals surface area contributed by atoms with Gasteiger partial charge in [-0.25, -0.2) is 14.4 Å². The molecule has 0 aromatic carbocycles. The van der Waals surface area contributed by atoms with E-state index < -0.39 is 0 Å². The minimum Gasteiger partial charge on any atom is -0.396 e. The Morgan fingerprint density at radius 3 is 2.81 bits per heavy atom. The van der Waals surface area contributed by atoms with Gasteiger partial charge in [-0.05, 0) is 24.5 Å². The van der Waals surface area contributed by atoms with E-state index in [9.17, 15) is 4.39 Å². The predicted octanol–water partition coefficient (Wildman–Crippen LogP) is 3.40. The standard InChI is InChI=1S/C18H17FN6O/c1-11-2-3-12(14(19)6-11)10-25-17(15-4-5-26-24-15)7-16(23-25)18-21-8-13(20)9-22-18/h3-9,11H,2,10,20H2,1H3. The van der Waals surface area contributed by atoms with E-state index in [4.69, 9.17) is 10.3 Å². The van der Waals surface area contributed by atoms with Crippen LogP contribution in [0.3, 0.4) is 0 Å². The molecule has 0 fully saturated rings. The first-order valence-electron chi connectivity index (χ1n) is 8.23. The van der Waals surface area contributed by atoms with Crippen molar-refractivity contribution in [3.8, 4) is 22.9 Å². The highest BCUT2D eigenvalue weighted by Crippen LogP contribution is 2.28. The Balaban J connectivity index is 1.73. The average molecular weight is 352 g/mol. The molecule has 3 aromatic heterocycles. The molecule has 3 aromatic rings. The third-order valence-corrected chi connectivity index (χ3v) is 4.17. The molecule has 4 rings (SSSR count). The Bertz CT molecular complexity index is 972. The maximum absolute atomic E-state index is 14.3. The van der Waals surface area contributed by atoms with Crippen molar-refractivity contribution in [3.05, 3.63) is 54.3 Å². The third kappa shape index (κ3) is 3.13. The summed E-state index contributed by atoms with van der Waals surface area (Å²) < 4.78 is 20.9. The van der Waals surface area contributed by atoms with Crippen molar-refractivity contribution in [2.45, 2.75) is 19.9 Å². The van der Waals surface area contributed by atoms with Crippen LogP contribution in [0.2, 0.25) is 0 Å². The highest BCUT2D eigenvalue weighted by Gasteiger charge is 2.19. The zero-order valence-electron chi connectivity index (χ0n) is 14.1. The van der Waals surface area contributed by atoms with Gasteiger partial charge in [-0.1, -0.05) is 18.2 Å². The lowest BCUT2D eigenvalue weighted by Crippen LogP contribution is -2.09. The van der Waals surface area contributed by atoms with Gasteiger partial charge < -0.3 is 10.3 Å². The molecular formula is C18H17FN6O. The quantitative estimate of drug-likeness (QED) is 0.773. The van der Waals surface area contributed by atoms with Crippen LogP contribution >= 0.6 is 0 Å². The molecule has 8 heteroatoms. The zero-order chi connectivity index (χ0) is 18.1. The summed E-state index contributed by atoms with van der Waals surface area (Å²) >= 11 is 0. The number of rotatable bonds is 4. The second-order valence-corrected chi connectivity index (χ2v) is 6.25. The Hall–Kier alpha value is -3.29. The van der Waals surface area contributed by atoms with Gasteiger partial charge in [0.15, 0.2) is 5.82 Å². The van der Waals surface area contributed by atoms with Crippen molar-refractivity contribution in [1.82, 2.24) is 24.9 Å². The van der Waals surface area contributed by atoms with Gasteiger partial charge in [-0.2, -0.15) is 5.10 Å². The lowest BCUT2D eigenvalue weighted by atomic mass is 9.97. The van der Waals surface area contributed by atoms with Gasteiger partial charge in [0.1, 0.15) is 23.5 Å². The molecular weight excluding hydrogens is 335 g/mol. The van der Waals surface area contributed by atoms with Gasteiger partial charge in [0, 0.05) is 11.6 Å². The third-order valence-electron chi connectivity index (χ3n) is 4.17. The topological polar surface area (TPSA) is 95.7 Å². The van der Waals surface area contributed by atoms with Crippen molar-refractivity contribution in [2.24, 2.45) is 5.92 Å². The van der Waals surface area contributed by atoms with Crippen molar-refractivity contribution >= 4 is 5.69 Å². The summed E-state index contributed by atoms with van der Waals surface area (Å²) in [5.74, 6) is 0.422. The molecule has 0 saturated heterocycles. The summed E-state index contributed by atoms with van der Waals surface area (Å²) in [6, 6.07) is 3.53. The van der Waals surface area contributed by atoms with Crippen LogP contribution in [0.5, 0.6) is 0 Å². The summed E-state index contributed by atoms with van der Waals surface area (Å²) in [6.07, 6.45) is 8.87. The smallest absolute Gasteiger partial charge is 0.180 e. The number of nitrogens with two attached hydrogens (primary N) is 1. The van der Waals surface area contributed by atoms with Crippen LogP contribution in [0.25, 0.3) is 22.9 Å². The number of aromatic nitrogens is 5. The van der Waals surface area contributed by atoms with Crippen molar-refractivity contribution in [1.29, 1.82) is 0 Å². The van der Waals surface area contributed by atoms with Gasteiger partial charge in [-0.3, -0.25) is 4.68 Å². The van der Waals surface area contributed by atoms with Crippen LogP contribution in [0.4, 0.5) is 10.1 Å². The van der Waals surface area contributed by atoms with Crippen LogP contribution in [0, 0.1) is 5.92 Å². The Labute approximate surface area is 149 Å². The number of halogens is 1. The summed E-state index contributed by atoms with van der Waals surface area (Å²) in [7, 11) is 0. The van der Waals surface area contributed by atoms with Crippen LogP contribution in [-0.2, 0) is 6.54 Å². The fourth-order valence-corrected chi connectivity index (χ4v) is 2.82. The van der Waals surface area contributed by atoms with Crippen LogP contribution in [-0.4, -0.2) is 24.9 Å². The molecule has 0 amide bonds. The van der Waals surface area contributed by atoms with E-state index in [2.05, 4.69) is 20.2 Å². The van der Waals surface area contributed by atoms with E-state index in [0.717, 1.165) is 6.42 Å². The number of hydrogen-bond acceptors (Lipinski definition) is 6. The lowest BCUT2D eigenvalue weighted by Gasteiger charge is -2.15. The number of nitrogen functional groups attached to an aromatic ring is 1. The van der Waals surface area contributed by atoms with Crippen molar-refractivity contribution < 1.29 is 8.91 Å². The number of allylic oxidation sites excluding steroid dienone is 4. The van der Waals surface area contributed by atoms with Gasteiger partial charge in [0.2, 0.25) is 0 Å². The first kappa shape index (κ1) is 16.2. The minimum absolute atomic E-state index is 0.199. The molecule has 1 unspecified atom stereocenters. The molecule has 7 nitrogen and oxygen atoms in total. The molecule has 0 aliphatic heterocycles. The predicted molar refractivity (Wildman–Crippen MR) is 94.2 cm³/mol. The summed E-state index contributed by atoms with van der Waals surface area (Å²) in [5.41, 5.74) is 8.56. The molecule has 1 aliphatic rings. The maximum atomic E-state index is 14.3. The average Bonchev–Trinajstić information content (AvgIpc) is 3.27. The van der Waals surface area contributed by atoms with Gasteiger partial charge in [0.25, 0.3) is 0 Å². The van der Waals surface area contributed by atoms with Gasteiger partial charge >= 0.3 is 0 Å². The summed E-state index contributed by atoms with van der Waals surface area (Å²) in [6.45, 7) is 2.27. The molecule has 3 heterocycles. The molecule has 0 radical (unpaired) electrons. The van der Waals surface area contributed by atoms with Gasteiger partial charge in [-0.15, -0.1) is 0 Å². The van der Waals surface area contributed by atoms with E-state index in [1.54, 1.807) is 22.9 Å². The Morgan fingerprint density at radius 2 is 2.12 bits per heavy atom. The summed E-state index contributed by atoms with van der Waals surface area (Å²) in [5, 5.41) is 8.52. The normalized spacial score (nSPS) is 17.1. The fraction of sp³-hybridized carbons (Fsp3) is 0.222. The first-order chi connectivity index (χ1) is 12.6. The highest BCUT2D eigenvalue weighted by atomic mass is 19.1. The number of hydrogen-bond donors (Lipinski definition) is 1. The van der Waals surface area contributed by atoms with Crippen molar-refractivity contribution in [2.75, 3.05) is 5.73 Å². The molecule has 1 atom stereocenters. The lowest BCUT2D eigenvalue weighted by molar-refractivity contribution is 0.421. The van der Waals surface area contributed by atoms with Crippen LogP contribution < -0.4 is 5.73 Å². The first-order valence-corrected chi connectivity index (χ1v) is 8.23. The fourth-order valence-electron chi connectivity index (χ4n) is 2.82. The van der Waals surface area contributed by atoms with Crippen LogP contribution in [0.1, 0.15) is 13.3 Å². The summed E-state index contributed by atoms with van der Waals surface area (Å²) in [4.78, 5) is 8.40. The highest BCUT2D eigenvalue weighted by molar-refractivity contribution is 5.62. The van der Waals surface area contributed by atoms with E-state index >= 15 is 0 Å². The van der Waals surface area contributed by atoms with E-state index in [1.807, 2.05) is 13.0 Å². The van der Waals surface area contributed by atoms with E-state index in [1.165, 1.54) is 18.7 Å². The molecule has 26 heavy (non-hydrogen) atoms. The SMILES string of the molecule is CC1C=C(F)C(Cn2nc(-c3ncc(N)cn3)cc2-c2ccon2)=CC1. The molecule has 0 spiro atoms. The molecule has 0 saturated carbocycles. The maximum Gasteiger partial charge on any atom is 0.180 e.